The zero-order chi connectivity index (χ0) is 22.1. The van der Waals surface area contributed by atoms with E-state index in [9.17, 15) is 9.59 Å². The molecular formula is C21H13Cl3N2O5. The minimum absolute atomic E-state index is 0.0291. The van der Waals surface area contributed by atoms with E-state index in [1.165, 1.54) is 13.3 Å². The van der Waals surface area contributed by atoms with Gasteiger partial charge in [-0.25, -0.2) is 9.78 Å². The molecule has 2 aromatic heterocycles. The van der Waals surface area contributed by atoms with Crippen LogP contribution < -0.4 is 10.1 Å². The number of aromatic nitrogens is 1. The smallest absolute Gasteiger partial charge is 0.359 e. The van der Waals surface area contributed by atoms with Crippen molar-refractivity contribution < 1.29 is 23.5 Å². The highest BCUT2D eigenvalue weighted by atomic mass is 35.5. The molecule has 0 atom stereocenters. The number of carbonyl (C=O) groups is 2. The van der Waals surface area contributed by atoms with Crippen molar-refractivity contribution in [3.8, 4) is 5.75 Å². The molecule has 0 fully saturated rings. The second-order valence-electron chi connectivity index (χ2n) is 6.35. The van der Waals surface area contributed by atoms with Gasteiger partial charge in [-0.05, 0) is 12.1 Å². The van der Waals surface area contributed by atoms with Crippen LogP contribution in [0.2, 0.25) is 15.1 Å². The molecule has 0 unspecified atom stereocenters. The molecule has 4 rings (SSSR count). The average molecular weight is 480 g/mol. The quantitative estimate of drug-likeness (QED) is 0.367. The van der Waals surface area contributed by atoms with Crippen molar-refractivity contribution in [2.45, 2.75) is 0 Å². The molecule has 0 aliphatic carbocycles. The van der Waals surface area contributed by atoms with Crippen molar-refractivity contribution in [2.24, 2.45) is 0 Å². The summed E-state index contributed by atoms with van der Waals surface area (Å²) in [6, 6.07) is 11.0. The van der Waals surface area contributed by atoms with Gasteiger partial charge in [-0.1, -0.05) is 53.0 Å². The fourth-order valence-corrected chi connectivity index (χ4v) is 3.55. The molecule has 1 N–H and O–H groups in total. The van der Waals surface area contributed by atoms with Crippen molar-refractivity contribution in [3.63, 3.8) is 0 Å². The van der Waals surface area contributed by atoms with Crippen LogP contribution in [-0.4, -0.2) is 30.6 Å². The Kier molecular flexibility index (Phi) is 5.91. The molecule has 0 spiro atoms. The first-order valence-corrected chi connectivity index (χ1v) is 9.98. The second-order valence-corrected chi connectivity index (χ2v) is 7.52. The number of anilines is 1. The van der Waals surface area contributed by atoms with Crippen LogP contribution in [0.4, 0.5) is 5.69 Å². The number of ether oxygens (including phenoxy) is 2. The Balaban J connectivity index is 1.51. The number of fused-ring (bicyclic) bond motifs is 3. The molecule has 0 aliphatic heterocycles. The number of nitrogens with one attached hydrogen (secondary N) is 1. The van der Waals surface area contributed by atoms with Crippen LogP contribution in [0.15, 0.2) is 47.0 Å². The summed E-state index contributed by atoms with van der Waals surface area (Å²) in [5, 5.41) is 4.31. The fraction of sp³-hybridized carbons (Fsp3) is 0.0952. The maximum atomic E-state index is 12.4. The maximum absolute atomic E-state index is 12.4. The van der Waals surface area contributed by atoms with E-state index in [2.05, 4.69) is 10.3 Å². The molecule has 0 aliphatic rings. The molecular weight excluding hydrogens is 467 g/mol. The van der Waals surface area contributed by atoms with Crippen LogP contribution in [0, 0.1) is 0 Å². The number of halogens is 3. The lowest BCUT2D eigenvalue weighted by atomic mass is 10.1. The molecule has 0 saturated carbocycles. The Morgan fingerprint density at radius 1 is 1.06 bits per heavy atom. The summed E-state index contributed by atoms with van der Waals surface area (Å²) in [4.78, 5) is 28.3. The summed E-state index contributed by atoms with van der Waals surface area (Å²) in [5.41, 5.74) is 1.40. The van der Waals surface area contributed by atoms with Crippen LogP contribution in [0.3, 0.4) is 0 Å². The molecule has 158 valence electrons. The summed E-state index contributed by atoms with van der Waals surface area (Å²) in [7, 11) is 1.48. The van der Waals surface area contributed by atoms with Crippen LogP contribution in [-0.2, 0) is 9.53 Å². The first-order chi connectivity index (χ1) is 14.9. The predicted octanol–water partition coefficient (Wildman–Crippen LogP) is 5.75. The normalized spacial score (nSPS) is 11.0. The Morgan fingerprint density at radius 3 is 2.61 bits per heavy atom. The van der Waals surface area contributed by atoms with E-state index in [4.69, 9.17) is 48.7 Å². The van der Waals surface area contributed by atoms with Crippen molar-refractivity contribution in [3.05, 3.63) is 63.4 Å². The lowest BCUT2D eigenvalue weighted by Crippen LogP contribution is -2.21. The molecule has 7 nitrogen and oxygen atoms in total. The molecule has 4 aromatic rings. The highest BCUT2D eigenvalue weighted by Crippen LogP contribution is 2.36. The second kappa shape index (κ2) is 8.63. The van der Waals surface area contributed by atoms with Gasteiger partial charge in [0.05, 0.1) is 27.9 Å². The van der Waals surface area contributed by atoms with Crippen molar-refractivity contribution in [2.75, 3.05) is 19.0 Å². The number of pyridine rings is 1. The van der Waals surface area contributed by atoms with Crippen molar-refractivity contribution in [1.82, 2.24) is 4.98 Å². The molecule has 2 heterocycles. The maximum Gasteiger partial charge on any atom is 0.359 e. The third kappa shape index (κ3) is 4.12. The number of hydrogen-bond donors (Lipinski definition) is 1. The number of rotatable bonds is 5. The molecule has 0 bridgehead atoms. The highest BCUT2D eigenvalue weighted by molar-refractivity contribution is 6.48. The van der Waals surface area contributed by atoms with E-state index < -0.39 is 18.5 Å². The predicted molar refractivity (Wildman–Crippen MR) is 118 cm³/mol. The number of para-hydroxylation sites is 1. The van der Waals surface area contributed by atoms with Crippen LogP contribution >= 0.6 is 34.8 Å². The monoisotopic (exact) mass is 478 g/mol. The van der Waals surface area contributed by atoms with Crippen LogP contribution in [0.25, 0.3) is 21.9 Å². The van der Waals surface area contributed by atoms with Gasteiger partial charge in [-0.15, -0.1) is 0 Å². The summed E-state index contributed by atoms with van der Waals surface area (Å²) in [6.07, 6.45) is 1.17. The minimum Gasteiger partial charge on any atom is -0.495 e. The Hall–Kier alpha value is -3.00. The molecule has 10 heteroatoms. The van der Waals surface area contributed by atoms with E-state index in [0.29, 0.717) is 22.6 Å². The lowest BCUT2D eigenvalue weighted by molar-refractivity contribution is -0.119. The van der Waals surface area contributed by atoms with Gasteiger partial charge < -0.3 is 19.2 Å². The van der Waals surface area contributed by atoms with E-state index in [0.717, 1.165) is 10.8 Å². The number of benzene rings is 2. The van der Waals surface area contributed by atoms with E-state index >= 15 is 0 Å². The minimum atomic E-state index is -0.918. The van der Waals surface area contributed by atoms with Gasteiger partial charge in [0.2, 0.25) is 0 Å². The van der Waals surface area contributed by atoms with Gasteiger partial charge in [0.15, 0.2) is 12.3 Å². The standard InChI is InChI=1S/C21H13Cl3N2O5/c1-29-16-6-11-10-4-2-3-5-14(10)31-15(11)7-13(16)26-17(27)9-30-21(28)20-19(24)18(23)12(22)8-25-20/h2-8H,9H2,1H3,(H,26,27). The first kappa shape index (κ1) is 21.2. The topological polar surface area (TPSA) is 90.7 Å². The summed E-state index contributed by atoms with van der Waals surface area (Å²) >= 11 is 17.6. The van der Waals surface area contributed by atoms with Gasteiger partial charge in [-0.2, -0.15) is 0 Å². The Labute approximate surface area is 190 Å². The molecule has 0 saturated heterocycles. The third-order valence-corrected chi connectivity index (χ3v) is 5.66. The van der Waals surface area contributed by atoms with Crippen molar-refractivity contribution in [1.29, 1.82) is 0 Å². The molecule has 1 amide bonds. The van der Waals surface area contributed by atoms with Gasteiger partial charge in [0, 0.05) is 23.0 Å². The fourth-order valence-electron chi connectivity index (χ4n) is 2.99. The zero-order valence-corrected chi connectivity index (χ0v) is 18.1. The Bertz CT molecular complexity index is 1340. The number of furan rings is 1. The SMILES string of the molecule is COc1cc2c(cc1NC(=O)COC(=O)c1ncc(Cl)c(Cl)c1Cl)oc1ccccc12. The van der Waals surface area contributed by atoms with E-state index in [-0.39, 0.29) is 20.8 Å². The third-order valence-electron chi connectivity index (χ3n) is 4.42. The number of amides is 1. The van der Waals surface area contributed by atoms with Gasteiger partial charge in [0.1, 0.15) is 16.9 Å². The lowest BCUT2D eigenvalue weighted by Gasteiger charge is -2.11. The summed E-state index contributed by atoms with van der Waals surface area (Å²) in [6.45, 7) is -0.585. The number of methoxy groups -OCH3 is 1. The Morgan fingerprint density at radius 2 is 1.84 bits per heavy atom. The zero-order valence-electron chi connectivity index (χ0n) is 15.9. The molecule has 0 radical (unpaired) electrons. The summed E-state index contributed by atoms with van der Waals surface area (Å²) < 4.78 is 16.2. The first-order valence-electron chi connectivity index (χ1n) is 8.84. The average Bonchev–Trinajstić information content (AvgIpc) is 3.12. The molecule has 31 heavy (non-hydrogen) atoms. The highest BCUT2D eigenvalue weighted by Gasteiger charge is 2.20. The number of carbonyl (C=O) groups excluding carboxylic acids is 2. The van der Waals surface area contributed by atoms with Crippen LogP contribution in [0.1, 0.15) is 10.5 Å². The number of hydrogen-bond acceptors (Lipinski definition) is 6. The van der Waals surface area contributed by atoms with Gasteiger partial charge in [-0.3, -0.25) is 4.79 Å². The van der Waals surface area contributed by atoms with Crippen LogP contribution in [0.5, 0.6) is 5.75 Å². The number of nitrogens with zero attached hydrogens (tertiary/aromatic N) is 1. The van der Waals surface area contributed by atoms with Crippen molar-refractivity contribution >= 4 is 74.3 Å². The molecule has 2 aromatic carbocycles. The largest absolute Gasteiger partial charge is 0.495 e. The van der Waals surface area contributed by atoms with Gasteiger partial charge >= 0.3 is 5.97 Å². The van der Waals surface area contributed by atoms with E-state index in [1.807, 2.05) is 24.3 Å². The summed E-state index contributed by atoms with van der Waals surface area (Å²) in [5.74, 6) is -1.09. The number of esters is 1. The van der Waals surface area contributed by atoms with Gasteiger partial charge in [0.25, 0.3) is 5.91 Å². The van der Waals surface area contributed by atoms with E-state index in [1.54, 1.807) is 12.1 Å².